The van der Waals surface area contributed by atoms with E-state index >= 15 is 0 Å². The lowest BCUT2D eigenvalue weighted by atomic mass is 9.96. The quantitative estimate of drug-likeness (QED) is 0.773. The number of piperidine rings is 2. The topological polar surface area (TPSA) is 35.6 Å². The molecule has 1 atom stereocenters. The summed E-state index contributed by atoms with van der Waals surface area (Å²) in [5.41, 5.74) is 0. The molecule has 0 bridgehead atoms. The van der Waals surface area contributed by atoms with E-state index in [2.05, 4.69) is 28.0 Å². The van der Waals surface area contributed by atoms with E-state index in [0.717, 1.165) is 44.9 Å². The molecule has 0 aliphatic carbocycles. The molecule has 0 saturated carbocycles. The van der Waals surface area contributed by atoms with Crippen LogP contribution in [0.15, 0.2) is 0 Å². The molecular formula is C17H29N3O. The van der Waals surface area contributed by atoms with Gasteiger partial charge in [0.2, 0.25) is 5.91 Å². The molecule has 4 heteroatoms. The van der Waals surface area contributed by atoms with Crippen LogP contribution in [0.4, 0.5) is 0 Å². The minimum Gasteiger partial charge on any atom is -0.355 e. The Hall–Kier alpha value is -1.05. The second kappa shape index (κ2) is 8.41. The first-order valence-electron chi connectivity index (χ1n) is 8.35. The van der Waals surface area contributed by atoms with Gasteiger partial charge in [-0.15, -0.1) is 6.42 Å². The Morgan fingerprint density at radius 1 is 1.24 bits per heavy atom. The van der Waals surface area contributed by atoms with E-state index < -0.39 is 0 Å². The largest absolute Gasteiger partial charge is 0.355 e. The summed E-state index contributed by atoms with van der Waals surface area (Å²) in [5.74, 6) is 3.89. The van der Waals surface area contributed by atoms with E-state index in [9.17, 15) is 4.79 Å². The third kappa shape index (κ3) is 5.33. The van der Waals surface area contributed by atoms with Gasteiger partial charge in [0, 0.05) is 25.6 Å². The van der Waals surface area contributed by atoms with E-state index in [1.54, 1.807) is 0 Å². The van der Waals surface area contributed by atoms with E-state index in [1.165, 1.54) is 25.9 Å². The van der Waals surface area contributed by atoms with Gasteiger partial charge in [-0.3, -0.25) is 9.69 Å². The van der Waals surface area contributed by atoms with Crippen LogP contribution in [0.2, 0.25) is 0 Å². The number of terminal acetylenes is 1. The van der Waals surface area contributed by atoms with Crippen LogP contribution in [0.5, 0.6) is 0 Å². The Kier molecular flexibility index (Phi) is 6.53. The van der Waals surface area contributed by atoms with E-state index in [4.69, 9.17) is 6.42 Å². The lowest BCUT2D eigenvalue weighted by molar-refractivity contribution is -0.126. The van der Waals surface area contributed by atoms with Crippen LogP contribution in [0.1, 0.15) is 32.6 Å². The average Bonchev–Trinajstić information content (AvgIpc) is 2.48. The van der Waals surface area contributed by atoms with Gasteiger partial charge in [-0.2, -0.15) is 0 Å². The highest BCUT2D eigenvalue weighted by Crippen LogP contribution is 2.17. The fraction of sp³-hybridized carbons (Fsp3) is 0.824. The highest BCUT2D eigenvalue weighted by atomic mass is 16.1. The fourth-order valence-electron chi connectivity index (χ4n) is 3.45. The van der Waals surface area contributed by atoms with Gasteiger partial charge in [-0.25, -0.2) is 0 Å². The van der Waals surface area contributed by atoms with E-state index in [-0.39, 0.29) is 11.8 Å². The van der Waals surface area contributed by atoms with Crippen LogP contribution in [0, 0.1) is 24.2 Å². The number of likely N-dealkylation sites (tertiary alicyclic amines) is 2. The third-order valence-corrected chi connectivity index (χ3v) is 4.74. The van der Waals surface area contributed by atoms with Gasteiger partial charge in [0.05, 0.1) is 6.54 Å². The molecule has 0 radical (unpaired) electrons. The molecule has 4 nitrogen and oxygen atoms in total. The van der Waals surface area contributed by atoms with E-state index in [0.29, 0.717) is 6.54 Å². The summed E-state index contributed by atoms with van der Waals surface area (Å²) in [6.45, 7) is 9.07. The maximum atomic E-state index is 12.2. The molecule has 1 amide bonds. The van der Waals surface area contributed by atoms with Crippen molar-refractivity contribution in [2.75, 3.05) is 45.8 Å². The highest BCUT2D eigenvalue weighted by Gasteiger charge is 2.24. The Balaban J connectivity index is 1.60. The zero-order chi connectivity index (χ0) is 15.1. The van der Waals surface area contributed by atoms with Gasteiger partial charge in [-0.1, -0.05) is 12.8 Å². The lowest BCUT2D eigenvalue weighted by Gasteiger charge is -2.32. The zero-order valence-electron chi connectivity index (χ0n) is 13.3. The van der Waals surface area contributed by atoms with Crippen molar-refractivity contribution in [2.24, 2.45) is 11.8 Å². The van der Waals surface area contributed by atoms with Crippen LogP contribution in [-0.4, -0.2) is 61.5 Å². The minimum atomic E-state index is 0.180. The highest BCUT2D eigenvalue weighted by molar-refractivity contribution is 5.78. The van der Waals surface area contributed by atoms with Crippen LogP contribution in [-0.2, 0) is 4.79 Å². The first-order chi connectivity index (χ1) is 10.2. The van der Waals surface area contributed by atoms with Gasteiger partial charge >= 0.3 is 0 Å². The molecule has 0 spiro atoms. The Labute approximate surface area is 129 Å². The Morgan fingerprint density at radius 3 is 2.67 bits per heavy atom. The summed E-state index contributed by atoms with van der Waals surface area (Å²) < 4.78 is 0. The molecule has 118 valence electrons. The molecule has 2 aliphatic rings. The summed E-state index contributed by atoms with van der Waals surface area (Å²) >= 11 is 0. The standard InChI is InChI=1S/C17H29N3O/c1-3-9-19-11-6-16(7-12-19)17(21)18-8-13-20-10-4-5-15(2)14-20/h1,15-16H,4-14H2,2H3,(H,18,21)/t15-/m0/s1. The molecule has 2 rings (SSSR count). The van der Waals surface area contributed by atoms with Crippen molar-refractivity contribution in [1.82, 2.24) is 15.1 Å². The molecule has 0 aromatic rings. The monoisotopic (exact) mass is 291 g/mol. The molecule has 0 aromatic heterocycles. The molecule has 0 unspecified atom stereocenters. The van der Waals surface area contributed by atoms with Gasteiger partial charge in [0.25, 0.3) is 0 Å². The number of hydrogen-bond acceptors (Lipinski definition) is 3. The number of carbonyl (C=O) groups is 1. The second-order valence-corrected chi connectivity index (χ2v) is 6.59. The van der Waals surface area contributed by atoms with Gasteiger partial charge in [-0.05, 0) is 51.2 Å². The summed E-state index contributed by atoms with van der Waals surface area (Å²) in [6.07, 6.45) is 9.84. The van der Waals surface area contributed by atoms with Gasteiger partial charge in [0.15, 0.2) is 0 Å². The number of rotatable bonds is 5. The first-order valence-corrected chi connectivity index (χ1v) is 8.35. The molecule has 0 aromatic carbocycles. The maximum absolute atomic E-state index is 12.2. The van der Waals surface area contributed by atoms with Crippen LogP contribution >= 0.6 is 0 Å². The van der Waals surface area contributed by atoms with Crippen molar-refractivity contribution >= 4 is 5.91 Å². The van der Waals surface area contributed by atoms with Crippen molar-refractivity contribution in [3.8, 4) is 12.3 Å². The lowest BCUT2D eigenvalue weighted by Crippen LogP contribution is -2.44. The molecular weight excluding hydrogens is 262 g/mol. The summed E-state index contributed by atoms with van der Waals surface area (Å²) in [5, 5.41) is 3.12. The molecule has 21 heavy (non-hydrogen) atoms. The predicted molar refractivity (Wildman–Crippen MR) is 85.8 cm³/mol. The minimum absolute atomic E-state index is 0.180. The third-order valence-electron chi connectivity index (χ3n) is 4.74. The number of nitrogens with zero attached hydrogens (tertiary/aromatic N) is 2. The van der Waals surface area contributed by atoms with Crippen molar-refractivity contribution in [3.05, 3.63) is 0 Å². The average molecular weight is 291 g/mol. The smallest absolute Gasteiger partial charge is 0.223 e. The van der Waals surface area contributed by atoms with Gasteiger partial charge in [0.1, 0.15) is 0 Å². The number of hydrogen-bond donors (Lipinski definition) is 1. The second-order valence-electron chi connectivity index (χ2n) is 6.59. The Morgan fingerprint density at radius 2 is 2.00 bits per heavy atom. The normalized spacial score (nSPS) is 25.4. The van der Waals surface area contributed by atoms with Crippen LogP contribution < -0.4 is 5.32 Å². The SMILES string of the molecule is C#CCN1CCC(C(=O)NCCN2CCC[C@H](C)C2)CC1. The van der Waals surface area contributed by atoms with E-state index in [1.807, 2.05) is 0 Å². The summed E-state index contributed by atoms with van der Waals surface area (Å²) in [4.78, 5) is 16.9. The van der Waals surface area contributed by atoms with Crippen molar-refractivity contribution in [3.63, 3.8) is 0 Å². The number of amides is 1. The summed E-state index contributed by atoms with van der Waals surface area (Å²) in [6, 6.07) is 0. The summed E-state index contributed by atoms with van der Waals surface area (Å²) in [7, 11) is 0. The number of carbonyl (C=O) groups excluding carboxylic acids is 1. The van der Waals surface area contributed by atoms with Gasteiger partial charge < -0.3 is 10.2 Å². The van der Waals surface area contributed by atoms with Crippen LogP contribution in [0.25, 0.3) is 0 Å². The molecule has 2 saturated heterocycles. The van der Waals surface area contributed by atoms with Crippen molar-refractivity contribution in [1.29, 1.82) is 0 Å². The zero-order valence-corrected chi connectivity index (χ0v) is 13.3. The molecule has 2 fully saturated rings. The molecule has 2 heterocycles. The Bertz CT molecular complexity index is 369. The maximum Gasteiger partial charge on any atom is 0.223 e. The fourth-order valence-corrected chi connectivity index (χ4v) is 3.45. The first kappa shape index (κ1) is 16.3. The number of nitrogens with one attached hydrogen (secondary N) is 1. The predicted octanol–water partition coefficient (Wildman–Crippen LogP) is 1.18. The van der Waals surface area contributed by atoms with Crippen molar-refractivity contribution < 1.29 is 4.79 Å². The van der Waals surface area contributed by atoms with Crippen molar-refractivity contribution in [2.45, 2.75) is 32.6 Å². The van der Waals surface area contributed by atoms with Crippen LogP contribution in [0.3, 0.4) is 0 Å². The molecule has 2 aliphatic heterocycles. The molecule has 1 N–H and O–H groups in total.